The van der Waals surface area contributed by atoms with Gasteiger partial charge in [-0.05, 0) is 12.1 Å². The summed E-state index contributed by atoms with van der Waals surface area (Å²) < 4.78 is 1.36. The quantitative estimate of drug-likeness (QED) is 0.797. The topological polar surface area (TPSA) is 70.4 Å². The van der Waals surface area contributed by atoms with Crippen molar-refractivity contribution in [3.63, 3.8) is 0 Å². The molecule has 2 aromatic rings. The van der Waals surface area contributed by atoms with Gasteiger partial charge in [-0.2, -0.15) is 0 Å². The zero-order valence-corrected chi connectivity index (χ0v) is 9.71. The summed E-state index contributed by atoms with van der Waals surface area (Å²) in [6.45, 7) is 0. The number of allylic oxidation sites excluding steroid dienone is 1. The van der Waals surface area contributed by atoms with Crippen molar-refractivity contribution in [1.29, 1.82) is 0 Å². The number of rotatable bonds is 1. The van der Waals surface area contributed by atoms with Crippen molar-refractivity contribution in [2.45, 2.75) is 0 Å². The minimum absolute atomic E-state index is 0.132. The van der Waals surface area contributed by atoms with E-state index in [1.165, 1.54) is 4.57 Å². The highest BCUT2D eigenvalue weighted by Crippen LogP contribution is 2.32. The Morgan fingerprint density at radius 2 is 2.17 bits per heavy atom. The smallest absolute Gasteiger partial charge is 0.328 e. The van der Waals surface area contributed by atoms with E-state index in [0.717, 1.165) is 16.8 Å². The first-order valence-corrected chi connectivity index (χ1v) is 5.50. The van der Waals surface area contributed by atoms with E-state index in [9.17, 15) is 9.90 Å². The van der Waals surface area contributed by atoms with Gasteiger partial charge in [0.15, 0.2) is 0 Å². The maximum absolute atomic E-state index is 11.4. The predicted molar refractivity (Wildman–Crippen MR) is 70.2 cm³/mol. The number of H-pyrrole nitrogens is 1. The molecule has 5 nitrogen and oxygen atoms in total. The van der Waals surface area contributed by atoms with Crippen LogP contribution in [0.5, 0.6) is 5.88 Å². The lowest BCUT2D eigenvalue weighted by Crippen LogP contribution is -2.13. The van der Waals surface area contributed by atoms with Gasteiger partial charge in [-0.1, -0.05) is 18.2 Å². The molecule has 0 aliphatic carbocycles. The number of hydrogen-bond acceptors (Lipinski definition) is 3. The minimum atomic E-state index is -0.345. The standard InChI is InChI=1S/C13H11N3O2/c1-16-11(12(17)15-13(16)18)6-8-7-14-10-5-3-2-4-9(8)10/h2-7,17H,1H3,(H,15,18)/b8-6+. The number of nitrogens with one attached hydrogen (secondary N) is 1. The van der Waals surface area contributed by atoms with Crippen LogP contribution in [0.25, 0.3) is 11.6 Å². The summed E-state index contributed by atoms with van der Waals surface area (Å²) in [6, 6.07) is 7.72. The highest BCUT2D eigenvalue weighted by molar-refractivity contribution is 6.21. The van der Waals surface area contributed by atoms with Gasteiger partial charge >= 0.3 is 5.69 Å². The van der Waals surface area contributed by atoms with E-state index < -0.39 is 0 Å². The number of aromatic amines is 1. The molecule has 0 atom stereocenters. The van der Waals surface area contributed by atoms with Crippen LogP contribution in [0.2, 0.25) is 0 Å². The average molecular weight is 241 g/mol. The van der Waals surface area contributed by atoms with Crippen molar-refractivity contribution >= 4 is 23.6 Å². The van der Waals surface area contributed by atoms with E-state index in [4.69, 9.17) is 0 Å². The lowest BCUT2D eigenvalue weighted by Gasteiger charge is -2.00. The molecule has 1 aromatic carbocycles. The summed E-state index contributed by atoms with van der Waals surface area (Å²) in [5, 5.41) is 9.66. The van der Waals surface area contributed by atoms with E-state index >= 15 is 0 Å². The summed E-state index contributed by atoms with van der Waals surface area (Å²) in [4.78, 5) is 18.0. The van der Waals surface area contributed by atoms with Gasteiger partial charge in [0.2, 0.25) is 5.88 Å². The predicted octanol–water partition coefficient (Wildman–Crippen LogP) is 1.68. The molecule has 90 valence electrons. The third kappa shape index (κ3) is 1.48. The molecule has 0 amide bonds. The first kappa shape index (κ1) is 10.6. The average Bonchev–Trinajstić information content (AvgIpc) is 2.87. The Labute approximate surface area is 103 Å². The summed E-state index contributed by atoms with van der Waals surface area (Å²) in [5.74, 6) is -0.132. The van der Waals surface area contributed by atoms with Crippen LogP contribution < -0.4 is 5.69 Å². The third-order valence-electron chi connectivity index (χ3n) is 2.98. The lowest BCUT2D eigenvalue weighted by atomic mass is 10.1. The van der Waals surface area contributed by atoms with E-state index in [-0.39, 0.29) is 11.6 Å². The first-order chi connectivity index (χ1) is 8.66. The van der Waals surface area contributed by atoms with Crippen LogP contribution in [-0.2, 0) is 7.05 Å². The van der Waals surface area contributed by atoms with Crippen LogP contribution >= 0.6 is 0 Å². The fourth-order valence-corrected chi connectivity index (χ4v) is 1.98. The summed E-state index contributed by atoms with van der Waals surface area (Å²) in [7, 11) is 1.60. The minimum Gasteiger partial charge on any atom is -0.493 e. The number of aromatic hydroxyl groups is 1. The molecule has 1 aliphatic rings. The van der Waals surface area contributed by atoms with Crippen LogP contribution in [0.4, 0.5) is 5.69 Å². The number of nitrogens with zero attached hydrogens (tertiary/aromatic N) is 2. The van der Waals surface area contributed by atoms with Crippen molar-refractivity contribution in [2.24, 2.45) is 12.0 Å². The molecule has 5 heteroatoms. The Hall–Kier alpha value is -2.56. The molecular formula is C13H11N3O2. The fraction of sp³-hybridized carbons (Fsp3) is 0.0769. The van der Waals surface area contributed by atoms with Gasteiger partial charge in [0, 0.05) is 24.4 Å². The fourth-order valence-electron chi connectivity index (χ4n) is 1.98. The zero-order chi connectivity index (χ0) is 12.7. The normalized spacial score (nSPS) is 15.3. The van der Waals surface area contributed by atoms with Gasteiger partial charge in [0.1, 0.15) is 5.69 Å². The number of para-hydroxylation sites is 1. The van der Waals surface area contributed by atoms with Crippen molar-refractivity contribution < 1.29 is 5.11 Å². The molecule has 0 saturated heterocycles. The summed E-state index contributed by atoms with van der Waals surface area (Å²) >= 11 is 0. The van der Waals surface area contributed by atoms with Gasteiger partial charge < -0.3 is 5.11 Å². The summed E-state index contributed by atoms with van der Waals surface area (Å²) in [6.07, 6.45) is 3.46. The van der Waals surface area contributed by atoms with Gasteiger partial charge in [-0.3, -0.25) is 14.5 Å². The molecule has 0 saturated carbocycles. The van der Waals surface area contributed by atoms with Gasteiger partial charge in [0.25, 0.3) is 0 Å². The molecule has 18 heavy (non-hydrogen) atoms. The number of imidazole rings is 1. The van der Waals surface area contributed by atoms with Gasteiger partial charge in [-0.25, -0.2) is 4.79 Å². The number of hydrogen-bond donors (Lipinski definition) is 2. The largest absolute Gasteiger partial charge is 0.493 e. The Balaban J connectivity index is 2.15. The van der Waals surface area contributed by atoms with E-state index in [1.807, 2.05) is 24.3 Å². The third-order valence-corrected chi connectivity index (χ3v) is 2.98. The van der Waals surface area contributed by atoms with E-state index in [2.05, 4.69) is 9.98 Å². The van der Waals surface area contributed by atoms with Crippen molar-refractivity contribution in [3.8, 4) is 5.88 Å². The SMILES string of the molecule is Cn1c(/C=C2\C=Nc3ccccc32)c(O)[nH]c1=O. The van der Waals surface area contributed by atoms with Crippen LogP contribution in [0.15, 0.2) is 34.1 Å². The van der Waals surface area contributed by atoms with Crippen LogP contribution in [0.3, 0.4) is 0 Å². The number of fused-ring (bicyclic) bond motifs is 1. The van der Waals surface area contributed by atoms with E-state index in [0.29, 0.717) is 5.69 Å². The lowest BCUT2D eigenvalue weighted by molar-refractivity contribution is 0.454. The molecule has 0 bridgehead atoms. The first-order valence-electron chi connectivity index (χ1n) is 5.50. The number of aromatic nitrogens is 2. The Kier molecular flexibility index (Phi) is 2.19. The molecular weight excluding hydrogens is 230 g/mol. The second-order valence-corrected chi connectivity index (χ2v) is 4.10. The van der Waals surface area contributed by atoms with Crippen LogP contribution in [0.1, 0.15) is 11.3 Å². The second-order valence-electron chi connectivity index (χ2n) is 4.10. The second kappa shape index (κ2) is 3.73. The highest BCUT2D eigenvalue weighted by atomic mass is 16.3. The van der Waals surface area contributed by atoms with Crippen molar-refractivity contribution in [1.82, 2.24) is 9.55 Å². The van der Waals surface area contributed by atoms with Crippen LogP contribution in [0, 0.1) is 0 Å². The molecule has 1 aromatic heterocycles. The monoisotopic (exact) mass is 241 g/mol. The molecule has 2 N–H and O–H groups in total. The maximum atomic E-state index is 11.4. The highest BCUT2D eigenvalue weighted by Gasteiger charge is 2.14. The molecule has 0 fully saturated rings. The maximum Gasteiger partial charge on any atom is 0.328 e. The Bertz CT molecular complexity index is 735. The van der Waals surface area contributed by atoms with Crippen molar-refractivity contribution in [3.05, 3.63) is 46.0 Å². The molecule has 3 rings (SSSR count). The zero-order valence-electron chi connectivity index (χ0n) is 9.71. The van der Waals surface area contributed by atoms with Gasteiger partial charge in [0.05, 0.1) is 5.69 Å². The number of aliphatic imine (C=N–C) groups is 1. The summed E-state index contributed by atoms with van der Waals surface area (Å²) in [5.41, 5.74) is 2.85. The van der Waals surface area contributed by atoms with E-state index in [1.54, 1.807) is 19.3 Å². The Morgan fingerprint density at radius 1 is 1.39 bits per heavy atom. The van der Waals surface area contributed by atoms with Gasteiger partial charge in [-0.15, -0.1) is 0 Å². The molecule has 0 radical (unpaired) electrons. The van der Waals surface area contributed by atoms with Crippen LogP contribution in [-0.4, -0.2) is 20.9 Å². The number of benzene rings is 1. The molecule has 0 unspecified atom stereocenters. The Morgan fingerprint density at radius 3 is 2.89 bits per heavy atom. The molecule has 1 aliphatic heterocycles. The molecule has 0 spiro atoms. The molecule has 2 heterocycles. The van der Waals surface area contributed by atoms with Crippen molar-refractivity contribution in [2.75, 3.05) is 0 Å².